The topological polar surface area (TPSA) is 9.23 Å². The zero-order valence-corrected chi connectivity index (χ0v) is 10.3. The maximum atomic E-state index is 5.49. The number of hydrogen-bond donors (Lipinski definition) is 0. The van der Waals surface area contributed by atoms with Gasteiger partial charge in [-0.05, 0) is 29.6 Å². The lowest BCUT2D eigenvalue weighted by atomic mass is 10.1. The van der Waals surface area contributed by atoms with Crippen LogP contribution < -0.4 is 4.52 Å². The van der Waals surface area contributed by atoms with Crippen LogP contribution in [0.25, 0.3) is 10.8 Å². The SMILES string of the molecule is CPOc1cc(Br)c2ccccc2c1. The molecular weight excluding hydrogens is 259 g/mol. The van der Waals surface area contributed by atoms with Gasteiger partial charge >= 0.3 is 0 Å². The van der Waals surface area contributed by atoms with Crippen molar-refractivity contribution in [2.24, 2.45) is 0 Å². The van der Waals surface area contributed by atoms with E-state index in [2.05, 4.69) is 34.1 Å². The van der Waals surface area contributed by atoms with Crippen LogP contribution in [0.4, 0.5) is 0 Å². The van der Waals surface area contributed by atoms with E-state index in [-0.39, 0.29) is 0 Å². The Morgan fingerprint density at radius 3 is 2.79 bits per heavy atom. The molecule has 0 aromatic heterocycles. The fraction of sp³-hybridized carbons (Fsp3) is 0.0909. The minimum atomic E-state index is 0.482. The van der Waals surface area contributed by atoms with Crippen molar-refractivity contribution in [1.29, 1.82) is 0 Å². The molecule has 1 nitrogen and oxygen atoms in total. The van der Waals surface area contributed by atoms with Crippen molar-refractivity contribution in [3.8, 4) is 5.75 Å². The van der Waals surface area contributed by atoms with Crippen LogP contribution in [0.3, 0.4) is 0 Å². The maximum absolute atomic E-state index is 5.49. The first-order valence-electron chi connectivity index (χ1n) is 4.33. The molecule has 0 spiro atoms. The summed E-state index contributed by atoms with van der Waals surface area (Å²) < 4.78 is 6.58. The Morgan fingerprint density at radius 1 is 1.21 bits per heavy atom. The second kappa shape index (κ2) is 4.29. The Morgan fingerprint density at radius 2 is 2.00 bits per heavy atom. The molecule has 0 bridgehead atoms. The van der Waals surface area contributed by atoms with Crippen LogP contribution in [0.2, 0.25) is 0 Å². The monoisotopic (exact) mass is 268 g/mol. The minimum absolute atomic E-state index is 0.482. The summed E-state index contributed by atoms with van der Waals surface area (Å²) >= 11 is 3.54. The zero-order chi connectivity index (χ0) is 9.97. The van der Waals surface area contributed by atoms with Crippen molar-refractivity contribution in [3.05, 3.63) is 40.9 Å². The highest BCUT2D eigenvalue weighted by molar-refractivity contribution is 9.10. The molecule has 0 amide bonds. The molecule has 2 rings (SSSR count). The molecule has 0 saturated heterocycles. The highest BCUT2D eigenvalue weighted by Gasteiger charge is 2.01. The van der Waals surface area contributed by atoms with Gasteiger partial charge in [0.15, 0.2) is 0 Å². The lowest BCUT2D eigenvalue weighted by Gasteiger charge is -2.06. The van der Waals surface area contributed by atoms with Crippen molar-refractivity contribution in [2.45, 2.75) is 0 Å². The summed E-state index contributed by atoms with van der Waals surface area (Å²) in [4.78, 5) is 0. The van der Waals surface area contributed by atoms with Gasteiger partial charge in [0.25, 0.3) is 0 Å². The van der Waals surface area contributed by atoms with Crippen molar-refractivity contribution >= 4 is 35.5 Å². The van der Waals surface area contributed by atoms with Gasteiger partial charge in [0.2, 0.25) is 0 Å². The van der Waals surface area contributed by atoms with Crippen LogP contribution in [0.1, 0.15) is 0 Å². The van der Waals surface area contributed by atoms with E-state index >= 15 is 0 Å². The number of halogens is 1. The molecule has 1 atom stereocenters. The molecule has 0 aliphatic heterocycles. The molecular formula is C11H10BrOP. The molecule has 72 valence electrons. The van der Waals surface area contributed by atoms with Gasteiger partial charge in [-0.25, -0.2) is 0 Å². The fourth-order valence-electron chi connectivity index (χ4n) is 1.41. The quantitative estimate of drug-likeness (QED) is 0.742. The molecule has 0 N–H and O–H groups in total. The van der Waals surface area contributed by atoms with E-state index in [0.717, 1.165) is 10.2 Å². The number of fused-ring (bicyclic) bond motifs is 1. The van der Waals surface area contributed by atoms with Gasteiger partial charge in [-0.1, -0.05) is 40.2 Å². The zero-order valence-electron chi connectivity index (χ0n) is 7.75. The molecule has 14 heavy (non-hydrogen) atoms. The van der Waals surface area contributed by atoms with Gasteiger partial charge in [0, 0.05) is 4.47 Å². The first-order chi connectivity index (χ1) is 6.81. The Hall–Kier alpha value is -0.590. The van der Waals surface area contributed by atoms with E-state index in [1.54, 1.807) is 0 Å². The summed E-state index contributed by atoms with van der Waals surface area (Å²) in [5.74, 6) is 0.927. The van der Waals surface area contributed by atoms with Crippen molar-refractivity contribution < 1.29 is 4.52 Å². The van der Waals surface area contributed by atoms with Gasteiger partial charge in [0.1, 0.15) is 5.75 Å². The van der Waals surface area contributed by atoms with E-state index < -0.39 is 0 Å². The van der Waals surface area contributed by atoms with Crippen LogP contribution >= 0.6 is 24.7 Å². The lowest BCUT2D eigenvalue weighted by molar-refractivity contribution is 0.636. The minimum Gasteiger partial charge on any atom is -0.477 e. The molecule has 0 heterocycles. The van der Waals surface area contributed by atoms with Gasteiger partial charge in [0.05, 0.1) is 8.81 Å². The molecule has 0 radical (unpaired) electrons. The average molecular weight is 269 g/mol. The second-order valence-corrected chi connectivity index (χ2v) is 4.40. The molecule has 1 unspecified atom stereocenters. The maximum Gasteiger partial charge on any atom is 0.124 e. The van der Waals surface area contributed by atoms with E-state index in [0.29, 0.717) is 8.81 Å². The summed E-state index contributed by atoms with van der Waals surface area (Å²) in [5, 5.41) is 2.43. The Bertz CT molecular complexity index is 456. The summed E-state index contributed by atoms with van der Waals surface area (Å²) in [5.41, 5.74) is 0. The summed E-state index contributed by atoms with van der Waals surface area (Å²) in [6.45, 7) is 2.02. The molecule has 2 aromatic rings. The van der Waals surface area contributed by atoms with Crippen molar-refractivity contribution in [2.75, 3.05) is 6.66 Å². The van der Waals surface area contributed by atoms with Gasteiger partial charge in [-0.15, -0.1) is 0 Å². The third-order valence-corrected chi connectivity index (χ3v) is 3.10. The number of hydrogen-bond acceptors (Lipinski definition) is 1. The van der Waals surface area contributed by atoms with E-state index in [9.17, 15) is 0 Å². The average Bonchev–Trinajstić information content (AvgIpc) is 2.18. The third-order valence-electron chi connectivity index (χ3n) is 2.00. The van der Waals surface area contributed by atoms with Crippen LogP contribution in [0.5, 0.6) is 5.75 Å². The van der Waals surface area contributed by atoms with Crippen LogP contribution in [0, 0.1) is 0 Å². The Kier molecular flexibility index (Phi) is 3.05. The normalized spacial score (nSPS) is 11.3. The van der Waals surface area contributed by atoms with Crippen molar-refractivity contribution in [3.63, 3.8) is 0 Å². The van der Waals surface area contributed by atoms with E-state index in [1.807, 2.05) is 24.9 Å². The molecule has 2 aromatic carbocycles. The lowest BCUT2D eigenvalue weighted by Crippen LogP contribution is -1.80. The van der Waals surface area contributed by atoms with Crippen molar-refractivity contribution in [1.82, 2.24) is 0 Å². The Balaban J connectivity index is 2.60. The smallest absolute Gasteiger partial charge is 0.124 e. The van der Waals surface area contributed by atoms with E-state index in [1.165, 1.54) is 10.8 Å². The highest BCUT2D eigenvalue weighted by Crippen LogP contribution is 2.31. The summed E-state index contributed by atoms with van der Waals surface area (Å²) in [6, 6.07) is 12.3. The van der Waals surface area contributed by atoms with Crippen LogP contribution in [0.15, 0.2) is 40.9 Å². The Labute approximate surface area is 93.5 Å². The van der Waals surface area contributed by atoms with Crippen LogP contribution in [-0.4, -0.2) is 6.66 Å². The number of rotatable bonds is 2. The predicted octanol–water partition coefficient (Wildman–Crippen LogP) is 4.20. The molecule has 0 fully saturated rings. The first kappa shape index (κ1) is 9.95. The molecule has 0 aliphatic rings. The largest absolute Gasteiger partial charge is 0.477 e. The van der Waals surface area contributed by atoms with Gasteiger partial charge < -0.3 is 4.52 Å². The molecule has 3 heteroatoms. The van der Waals surface area contributed by atoms with Gasteiger partial charge in [-0.2, -0.15) is 0 Å². The predicted molar refractivity (Wildman–Crippen MR) is 66.5 cm³/mol. The third kappa shape index (κ3) is 1.92. The molecule has 0 saturated carbocycles. The number of benzene rings is 2. The summed E-state index contributed by atoms with van der Waals surface area (Å²) in [6.07, 6.45) is 0. The van der Waals surface area contributed by atoms with E-state index in [4.69, 9.17) is 4.52 Å². The highest BCUT2D eigenvalue weighted by atomic mass is 79.9. The standard InChI is InChI=1S/C11H10BrOP/c1-14-13-9-6-8-4-2-3-5-10(8)11(12)7-9/h2-7,14H,1H3. The second-order valence-electron chi connectivity index (χ2n) is 2.93. The van der Waals surface area contributed by atoms with Gasteiger partial charge in [-0.3, -0.25) is 0 Å². The summed E-state index contributed by atoms with van der Waals surface area (Å²) in [7, 11) is 0.482. The molecule has 0 aliphatic carbocycles. The first-order valence-corrected chi connectivity index (χ1v) is 6.53. The fourth-order valence-corrected chi connectivity index (χ4v) is 2.35. The van der Waals surface area contributed by atoms with Crippen LogP contribution in [-0.2, 0) is 0 Å².